The molecule has 33 heavy (non-hydrogen) atoms. The molecule has 0 bridgehead atoms. The molecule has 158 valence electrons. The lowest BCUT2D eigenvalue weighted by atomic mass is 9.87. The topological polar surface area (TPSA) is 69.1 Å². The fourth-order valence-electron chi connectivity index (χ4n) is 4.67. The van der Waals surface area contributed by atoms with Crippen LogP contribution in [0.1, 0.15) is 0 Å². The van der Waals surface area contributed by atoms with Crippen molar-refractivity contribution in [3.05, 3.63) is 104 Å². The molecule has 0 spiro atoms. The molecule has 4 heteroatoms. The van der Waals surface area contributed by atoms with Gasteiger partial charge in [-0.25, -0.2) is 4.98 Å². The SMILES string of the molecule is Oc1ccc2ccccc2c1-c1c(O)c(-c2ccccc2-c2cnc[nH]2)cc2ccccc12. The average Bonchev–Trinajstić information content (AvgIpc) is 3.39. The first kappa shape index (κ1) is 19.1. The summed E-state index contributed by atoms with van der Waals surface area (Å²) in [4.78, 5) is 7.33. The molecule has 4 nitrogen and oxygen atoms in total. The van der Waals surface area contributed by atoms with Crippen molar-refractivity contribution in [3.8, 4) is 45.0 Å². The van der Waals surface area contributed by atoms with Crippen molar-refractivity contribution in [1.29, 1.82) is 0 Å². The Labute approximate surface area is 190 Å². The van der Waals surface area contributed by atoms with E-state index >= 15 is 0 Å². The summed E-state index contributed by atoms with van der Waals surface area (Å²) in [5, 5.41) is 26.5. The van der Waals surface area contributed by atoms with Crippen LogP contribution < -0.4 is 0 Å². The first-order chi connectivity index (χ1) is 16.2. The fraction of sp³-hybridized carbons (Fsp3) is 0. The monoisotopic (exact) mass is 428 g/mol. The maximum Gasteiger partial charge on any atom is 0.132 e. The van der Waals surface area contributed by atoms with Gasteiger partial charge in [0.2, 0.25) is 0 Å². The van der Waals surface area contributed by atoms with E-state index in [0.717, 1.165) is 38.4 Å². The summed E-state index contributed by atoms with van der Waals surface area (Å²) in [5.74, 6) is 0.264. The number of phenolic OH excluding ortho intramolecular Hbond substituents is 2. The first-order valence-corrected chi connectivity index (χ1v) is 10.8. The largest absolute Gasteiger partial charge is 0.507 e. The van der Waals surface area contributed by atoms with Gasteiger partial charge in [-0.3, -0.25) is 0 Å². The summed E-state index contributed by atoms with van der Waals surface area (Å²) in [7, 11) is 0. The van der Waals surface area contributed by atoms with Gasteiger partial charge in [0.15, 0.2) is 0 Å². The molecule has 0 fully saturated rings. The van der Waals surface area contributed by atoms with Crippen LogP contribution >= 0.6 is 0 Å². The number of hydrogen-bond donors (Lipinski definition) is 3. The minimum atomic E-state index is 0.132. The van der Waals surface area contributed by atoms with Crippen molar-refractivity contribution >= 4 is 21.5 Å². The lowest BCUT2D eigenvalue weighted by molar-refractivity contribution is 0.471. The third kappa shape index (κ3) is 3.04. The standard InChI is InChI=1S/C29H20N2O2/c32-26-14-13-18-7-1-3-9-20(18)27(26)28-21-10-4-2-8-19(21)15-24(29(28)33)22-11-5-6-12-23(22)25-16-30-17-31-25/h1-17,32-33H,(H,30,31). The summed E-state index contributed by atoms with van der Waals surface area (Å²) >= 11 is 0. The fourth-order valence-corrected chi connectivity index (χ4v) is 4.67. The van der Waals surface area contributed by atoms with Gasteiger partial charge in [0.1, 0.15) is 11.5 Å². The molecular weight excluding hydrogens is 408 g/mol. The van der Waals surface area contributed by atoms with Gasteiger partial charge in [0.25, 0.3) is 0 Å². The van der Waals surface area contributed by atoms with E-state index in [1.807, 2.05) is 84.9 Å². The van der Waals surface area contributed by atoms with Gasteiger partial charge in [-0.2, -0.15) is 0 Å². The Morgan fingerprint density at radius 1 is 0.606 bits per heavy atom. The Morgan fingerprint density at radius 2 is 1.27 bits per heavy atom. The van der Waals surface area contributed by atoms with E-state index in [2.05, 4.69) is 9.97 Å². The summed E-state index contributed by atoms with van der Waals surface area (Å²) < 4.78 is 0. The number of aromatic nitrogens is 2. The van der Waals surface area contributed by atoms with Crippen molar-refractivity contribution in [1.82, 2.24) is 9.97 Å². The van der Waals surface area contributed by atoms with E-state index in [1.165, 1.54) is 0 Å². The molecule has 0 amide bonds. The van der Waals surface area contributed by atoms with E-state index in [9.17, 15) is 10.2 Å². The van der Waals surface area contributed by atoms with Gasteiger partial charge in [0.05, 0.1) is 18.2 Å². The van der Waals surface area contributed by atoms with E-state index in [-0.39, 0.29) is 11.5 Å². The second-order valence-electron chi connectivity index (χ2n) is 8.06. The number of aromatic hydroxyl groups is 2. The highest BCUT2D eigenvalue weighted by Crippen LogP contribution is 2.49. The third-order valence-electron chi connectivity index (χ3n) is 6.18. The Morgan fingerprint density at radius 3 is 2.03 bits per heavy atom. The molecule has 0 radical (unpaired) electrons. The molecular formula is C29H20N2O2. The normalized spacial score (nSPS) is 11.3. The zero-order valence-corrected chi connectivity index (χ0v) is 17.7. The van der Waals surface area contributed by atoms with Gasteiger partial charge in [-0.05, 0) is 39.2 Å². The molecule has 0 aliphatic rings. The minimum Gasteiger partial charge on any atom is -0.507 e. The average molecular weight is 428 g/mol. The van der Waals surface area contributed by atoms with Crippen molar-refractivity contribution < 1.29 is 10.2 Å². The summed E-state index contributed by atoms with van der Waals surface area (Å²) in [6.45, 7) is 0. The molecule has 0 aliphatic heterocycles. The van der Waals surface area contributed by atoms with Gasteiger partial charge >= 0.3 is 0 Å². The molecule has 0 atom stereocenters. The van der Waals surface area contributed by atoms with Gasteiger partial charge in [-0.1, -0.05) is 78.9 Å². The van der Waals surface area contributed by atoms with Crippen LogP contribution in [-0.2, 0) is 0 Å². The number of fused-ring (bicyclic) bond motifs is 2. The highest BCUT2D eigenvalue weighted by Gasteiger charge is 2.21. The number of nitrogens with one attached hydrogen (secondary N) is 1. The zero-order valence-electron chi connectivity index (χ0n) is 17.7. The highest BCUT2D eigenvalue weighted by atomic mass is 16.3. The van der Waals surface area contributed by atoms with E-state index in [4.69, 9.17) is 0 Å². The Kier molecular flexibility index (Phi) is 4.37. The maximum atomic E-state index is 11.8. The number of rotatable bonds is 3. The van der Waals surface area contributed by atoms with Crippen LogP contribution in [-0.4, -0.2) is 20.2 Å². The molecule has 6 rings (SSSR count). The van der Waals surface area contributed by atoms with Gasteiger partial charge in [0, 0.05) is 22.3 Å². The minimum absolute atomic E-state index is 0.132. The Hall–Kier alpha value is -4.57. The quantitative estimate of drug-likeness (QED) is 0.281. The molecule has 0 saturated carbocycles. The van der Waals surface area contributed by atoms with Crippen LogP contribution in [0.3, 0.4) is 0 Å². The first-order valence-electron chi connectivity index (χ1n) is 10.8. The predicted octanol–water partition coefficient (Wildman–Crippen LogP) is 7.13. The second-order valence-corrected chi connectivity index (χ2v) is 8.06. The second kappa shape index (κ2) is 7.53. The molecule has 0 unspecified atom stereocenters. The maximum absolute atomic E-state index is 11.8. The van der Waals surface area contributed by atoms with Crippen LogP contribution in [0.4, 0.5) is 0 Å². The Bertz CT molecular complexity index is 1640. The number of benzene rings is 5. The molecule has 6 aromatic rings. The zero-order chi connectivity index (χ0) is 22.4. The Balaban J connectivity index is 1.75. The molecule has 1 aromatic heterocycles. The number of aromatic amines is 1. The number of H-pyrrole nitrogens is 1. The van der Waals surface area contributed by atoms with E-state index in [0.29, 0.717) is 16.7 Å². The van der Waals surface area contributed by atoms with Gasteiger partial charge < -0.3 is 15.2 Å². The van der Waals surface area contributed by atoms with Crippen LogP contribution in [0.15, 0.2) is 104 Å². The van der Waals surface area contributed by atoms with Crippen molar-refractivity contribution in [2.45, 2.75) is 0 Å². The summed E-state index contributed by atoms with van der Waals surface area (Å²) in [5.41, 5.74) is 4.63. The molecule has 5 aromatic carbocycles. The number of imidazole rings is 1. The number of hydrogen-bond acceptors (Lipinski definition) is 3. The number of nitrogens with zero attached hydrogens (tertiary/aromatic N) is 1. The molecule has 0 saturated heterocycles. The van der Waals surface area contributed by atoms with E-state index < -0.39 is 0 Å². The van der Waals surface area contributed by atoms with Crippen molar-refractivity contribution in [3.63, 3.8) is 0 Å². The molecule has 1 heterocycles. The predicted molar refractivity (Wildman–Crippen MR) is 133 cm³/mol. The number of phenols is 2. The van der Waals surface area contributed by atoms with Gasteiger partial charge in [-0.15, -0.1) is 0 Å². The van der Waals surface area contributed by atoms with E-state index in [1.54, 1.807) is 18.6 Å². The smallest absolute Gasteiger partial charge is 0.132 e. The molecule has 3 N–H and O–H groups in total. The van der Waals surface area contributed by atoms with Crippen LogP contribution in [0.25, 0.3) is 55.1 Å². The lowest BCUT2D eigenvalue weighted by Gasteiger charge is -2.18. The highest BCUT2D eigenvalue weighted by molar-refractivity contribution is 6.12. The van der Waals surface area contributed by atoms with Crippen LogP contribution in [0.2, 0.25) is 0 Å². The van der Waals surface area contributed by atoms with Crippen molar-refractivity contribution in [2.24, 2.45) is 0 Å². The summed E-state index contributed by atoms with van der Waals surface area (Å²) in [6, 6.07) is 29.4. The van der Waals surface area contributed by atoms with Crippen LogP contribution in [0.5, 0.6) is 11.5 Å². The molecule has 0 aliphatic carbocycles. The lowest BCUT2D eigenvalue weighted by Crippen LogP contribution is -1.91. The summed E-state index contributed by atoms with van der Waals surface area (Å²) in [6.07, 6.45) is 3.42. The third-order valence-corrected chi connectivity index (χ3v) is 6.18. The van der Waals surface area contributed by atoms with Crippen LogP contribution in [0, 0.1) is 0 Å². The van der Waals surface area contributed by atoms with Crippen molar-refractivity contribution in [2.75, 3.05) is 0 Å².